The first kappa shape index (κ1) is 16.3. The Morgan fingerprint density at radius 1 is 1.30 bits per heavy atom. The summed E-state index contributed by atoms with van der Waals surface area (Å²) in [5.41, 5.74) is 3.80. The van der Waals surface area contributed by atoms with Crippen molar-refractivity contribution in [3.05, 3.63) is 28.3 Å². The molecule has 140 valence electrons. The van der Waals surface area contributed by atoms with Crippen LogP contribution in [0.3, 0.4) is 0 Å². The lowest BCUT2D eigenvalue weighted by atomic mass is 10.0. The molecule has 1 aliphatic heterocycles. The summed E-state index contributed by atoms with van der Waals surface area (Å²) in [7, 11) is 1.76. The predicted octanol–water partition coefficient (Wildman–Crippen LogP) is 0.757. The Balaban J connectivity index is 1.54. The van der Waals surface area contributed by atoms with Gasteiger partial charge in [-0.15, -0.1) is 5.10 Å². The van der Waals surface area contributed by atoms with E-state index in [9.17, 15) is 4.79 Å². The molecular weight excluding hydrogens is 350 g/mol. The second kappa shape index (κ2) is 6.08. The molecule has 1 saturated heterocycles. The molecule has 3 aromatic rings. The highest BCUT2D eigenvalue weighted by molar-refractivity contribution is 6.07. The quantitative estimate of drug-likeness (QED) is 0.651. The molecule has 0 N–H and O–H groups in total. The molecule has 1 fully saturated rings. The van der Waals surface area contributed by atoms with Gasteiger partial charge in [0.2, 0.25) is 0 Å². The minimum absolute atomic E-state index is 0.0322. The van der Waals surface area contributed by atoms with Gasteiger partial charge < -0.3 is 14.2 Å². The second-order valence-electron chi connectivity index (χ2n) is 6.99. The third-order valence-electron chi connectivity index (χ3n) is 5.33. The minimum Gasteiger partial charge on any atom is -0.366 e. The van der Waals surface area contributed by atoms with Crippen LogP contribution in [0.25, 0.3) is 11.1 Å². The summed E-state index contributed by atoms with van der Waals surface area (Å²) < 4.78 is 12.7. The molecule has 0 saturated carbocycles. The lowest BCUT2D eigenvalue weighted by Gasteiger charge is -2.32. The number of morpholine rings is 1. The van der Waals surface area contributed by atoms with E-state index in [0.29, 0.717) is 42.5 Å². The summed E-state index contributed by atoms with van der Waals surface area (Å²) in [6, 6.07) is 0. The molecule has 10 heteroatoms. The summed E-state index contributed by atoms with van der Waals surface area (Å²) in [6.45, 7) is 3.20. The summed E-state index contributed by atoms with van der Waals surface area (Å²) >= 11 is 0. The van der Waals surface area contributed by atoms with Gasteiger partial charge >= 0.3 is 0 Å². The molecule has 4 heterocycles. The van der Waals surface area contributed by atoms with Gasteiger partial charge in [-0.1, -0.05) is 5.16 Å². The van der Waals surface area contributed by atoms with E-state index in [1.807, 2.05) is 11.8 Å². The Labute approximate surface area is 154 Å². The number of aromatic nitrogens is 6. The largest absolute Gasteiger partial charge is 0.366 e. The van der Waals surface area contributed by atoms with Crippen LogP contribution in [0.1, 0.15) is 45.7 Å². The Bertz CT molecular complexity index is 1040. The maximum Gasteiger partial charge on any atom is 0.259 e. The van der Waals surface area contributed by atoms with Crippen LogP contribution in [0.5, 0.6) is 0 Å². The van der Waals surface area contributed by atoms with Crippen LogP contribution in [-0.4, -0.2) is 60.9 Å². The number of pyridine rings is 1. The van der Waals surface area contributed by atoms with Crippen LogP contribution in [0.15, 0.2) is 4.52 Å². The van der Waals surface area contributed by atoms with Crippen LogP contribution >= 0.6 is 0 Å². The van der Waals surface area contributed by atoms with Crippen molar-refractivity contribution in [2.75, 3.05) is 19.7 Å². The number of tetrazole rings is 1. The number of carbonyl (C=O) groups is 1. The van der Waals surface area contributed by atoms with Gasteiger partial charge in [0.15, 0.2) is 5.82 Å². The van der Waals surface area contributed by atoms with Gasteiger partial charge in [0, 0.05) is 19.3 Å². The summed E-state index contributed by atoms with van der Waals surface area (Å²) in [5, 5.41) is 16.3. The Morgan fingerprint density at radius 3 is 3.00 bits per heavy atom. The van der Waals surface area contributed by atoms with Gasteiger partial charge in [0.05, 0.1) is 29.8 Å². The smallest absolute Gasteiger partial charge is 0.259 e. The highest BCUT2D eigenvalue weighted by atomic mass is 16.5. The van der Waals surface area contributed by atoms with E-state index in [-0.39, 0.29) is 12.0 Å². The van der Waals surface area contributed by atoms with Crippen LogP contribution in [0, 0.1) is 6.92 Å². The van der Waals surface area contributed by atoms with Crippen LogP contribution < -0.4 is 0 Å². The molecule has 0 bridgehead atoms. The van der Waals surface area contributed by atoms with E-state index in [1.54, 1.807) is 11.7 Å². The number of ether oxygens (including phenoxy) is 1. The van der Waals surface area contributed by atoms with Crippen molar-refractivity contribution in [1.82, 2.24) is 35.2 Å². The van der Waals surface area contributed by atoms with E-state index in [0.717, 1.165) is 35.9 Å². The first-order valence-corrected chi connectivity index (χ1v) is 9.04. The van der Waals surface area contributed by atoms with Gasteiger partial charge in [0.1, 0.15) is 6.10 Å². The highest BCUT2D eigenvalue weighted by Crippen LogP contribution is 2.33. The number of hydrogen-bond acceptors (Lipinski definition) is 8. The van der Waals surface area contributed by atoms with Crippen molar-refractivity contribution in [1.29, 1.82) is 0 Å². The molecular formula is C17H19N7O3. The van der Waals surface area contributed by atoms with Crippen molar-refractivity contribution in [3.8, 4) is 0 Å². The lowest BCUT2D eigenvalue weighted by molar-refractivity contribution is -0.0283. The number of fused-ring (bicyclic) bond motifs is 2. The van der Waals surface area contributed by atoms with Gasteiger partial charge in [-0.3, -0.25) is 4.79 Å². The van der Waals surface area contributed by atoms with Crippen molar-refractivity contribution >= 4 is 17.0 Å². The maximum atomic E-state index is 13.5. The second-order valence-corrected chi connectivity index (χ2v) is 6.99. The molecule has 1 aliphatic carbocycles. The van der Waals surface area contributed by atoms with Crippen molar-refractivity contribution in [2.45, 2.75) is 32.3 Å². The monoisotopic (exact) mass is 369 g/mol. The Morgan fingerprint density at radius 2 is 2.19 bits per heavy atom. The summed E-state index contributed by atoms with van der Waals surface area (Å²) in [5.74, 6) is 0.578. The zero-order valence-corrected chi connectivity index (χ0v) is 15.2. The molecule has 1 atom stereocenters. The average molecular weight is 369 g/mol. The van der Waals surface area contributed by atoms with Gasteiger partial charge in [-0.2, -0.15) is 0 Å². The lowest BCUT2D eigenvalue weighted by Crippen LogP contribution is -2.43. The topological polar surface area (TPSA) is 112 Å². The number of nitrogens with zero attached hydrogens (tertiary/aromatic N) is 7. The Kier molecular flexibility index (Phi) is 3.67. The first-order valence-electron chi connectivity index (χ1n) is 9.04. The maximum absolute atomic E-state index is 13.5. The SMILES string of the molecule is Cc1noc2nc3c(c(C(=O)N4CCOC(c5nnnn5C)C4)c12)CCC3. The fourth-order valence-corrected chi connectivity index (χ4v) is 4.01. The fourth-order valence-electron chi connectivity index (χ4n) is 4.01. The van der Waals surface area contributed by atoms with E-state index >= 15 is 0 Å². The fraction of sp³-hybridized carbons (Fsp3) is 0.529. The normalized spacial score (nSPS) is 19.6. The number of aryl methyl sites for hydroxylation is 3. The minimum atomic E-state index is -0.350. The van der Waals surface area contributed by atoms with E-state index in [2.05, 4.69) is 25.7 Å². The number of carbonyl (C=O) groups excluding carboxylic acids is 1. The van der Waals surface area contributed by atoms with Crippen molar-refractivity contribution in [3.63, 3.8) is 0 Å². The van der Waals surface area contributed by atoms with Crippen LogP contribution in [-0.2, 0) is 24.6 Å². The standard InChI is InChI=1S/C17H19N7O3/c1-9-13-14(10-4-3-5-11(10)18-16(13)27-20-9)17(25)24-6-7-26-12(8-24)15-19-21-22-23(15)2/h12H,3-8H2,1-2H3. The zero-order valence-electron chi connectivity index (χ0n) is 15.2. The molecule has 3 aromatic heterocycles. The predicted molar refractivity (Wildman–Crippen MR) is 92.0 cm³/mol. The molecule has 10 nitrogen and oxygen atoms in total. The van der Waals surface area contributed by atoms with E-state index in [1.165, 1.54) is 0 Å². The number of hydrogen-bond donors (Lipinski definition) is 0. The van der Waals surface area contributed by atoms with Gasteiger partial charge in [0.25, 0.3) is 11.6 Å². The zero-order chi connectivity index (χ0) is 18.5. The molecule has 27 heavy (non-hydrogen) atoms. The van der Waals surface area contributed by atoms with E-state index < -0.39 is 0 Å². The Hall–Kier alpha value is -2.88. The molecule has 0 radical (unpaired) electrons. The highest BCUT2D eigenvalue weighted by Gasteiger charge is 2.34. The summed E-state index contributed by atoms with van der Waals surface area (Å²) in [6.07, 6.45) is 2.36. The molecule has 2 aliphatic rings. The van der Waals surface area contributed by atoms with Crippen LogP contribution in [0.4, 0.5) is 0 Å². The molecule has 1 unspecified atom stereocenters. The van der Waals surface area contributed by atoms with Crippen LogP contribution in [0.2, 0.25) is 0 Å². The molecule has 0 spiro atoms. The van der Waals surface area contributed by atoms with Crippen molar-refractivity contribution in [2.24, 2.45) is 7.05 Å². The average Bonchev–Trinajstić information content (AvgIpc) is 3.40. The number of amides is 1. The first-order chi connectivity index (χ1) is 13.1. The molecule has 0 aromatic carbocycles. The third kappa shape index (κ3) is 2.51. The third-order valence-corrected chi connectivity index (χ3v) is 5.33. The van der Waals surface area contributed by atoms with E-state index in [4.69, 9.17) is 9.26 Å². The molecule has 5 rings (SSSR count). The van der Waals surface area contributed by atoms with Crippen molar-refractivity contribution < 1.29 is 14.1 Å². The number of rotatable bonds is 2. The van der Waals surface area contributed by atoms with Gasteiger partial charge in [-0.25, -0.2) is 9.67 Å². The molecule has 1 amide bonds. The van der Waals surface area contributed by atoms with Gasteiger partial charge in [-0.05, 0) is 42.2 Å². The summed E-state index contributed by atoms with van der Waals surface area (Å²) in [4.78, 5) is 19.9.